The van der Waals surface area contributed by atoms with Crippen molar-refractivity contribution in [3.8, 4) is 11.5 Å². The predicted octanol–water partition coefficient (Wildman–Crippen LogP) is 2.70. The largest absolute Gasteiger partial charge is 0.497 e. The number of ether oxygens (including phenoxy) is 2. The third-order valence-corrected chi connectivity index (χ3v) is 5.97. The molecule has 0 saturated carbocycles. The summed E-state index contributed by atoms with van der Waals surface area (Å²) in [6.45, 7) is 4.55. The van der Waals surface area contributed by atoms with E-state index >= 15 is 0 Å². The first kappa shape index (κ1) is 22.4. The average Bonchev–Trinajstić information content (AvgIpc) is 3.11. The monoisotopic (exact) mass is 427 g/mol. The molecular formula is C23H29N3O5. The molecule has 2 atom stereocenters. The third kappa shape index (κ3) is 4.59. The average molecular weight is 428 g/mol. The number of carbonyl (C=O) groups excluding carboxylic acids is 2. The molecule has 0 bridgehead atoms. The maximum atomic E-state index is 13.0. The number of nitrogens with one attached hydrogen (secondary N) is 2. The summed E-state index contributed by atoms with van der Waals surface area (Å²) >= 11 is 0. The van der Waals surface area contributed by atoms with Crippen LogP contribution in [0.25, 0.3) is 0 Å². The molecule has 1 heterocycles. The Kier molecular flexibility index (Phi) is 6.70. The zero-order chi connectivity index (χ0) is 22.6. The van der Waals surface area contributed by atoms with Crippen LogP contribution < -0.4 is 20.3 Å². The molecule has 3 rings (SSSR count). The van der Waals surface area contributed by atoms with Gasteiger partial charge in [0.25, 0.3) is 5.91 Å². The van der Waals surface area contributed by atoms with E-state index in [1.165, 1.54) is 4.90 Å². The first-order chi connectivity index (χ1) is 14.8. The van der Waals surface area contributed by atoms with Crippen LogP contribution in [0.4, 0.5) is 5.69 Å². The quantitative estimate of drug-likeness (QED) is 0.442. The maximum absolute atomic E-state index is 13.0. The Hall–Kier alpha value is -3.26. The minimum Gasteiger partial charge on any atom is -0.497 e. The molecule has 8 heteroatoms. The van der Waals surface area contributed by atoms with Crippen molar-refractivity contribution in [3.63, 3.8) is 0 Å². The molecule has 1 fully saturated rings. The Balaban J connectivity index is 1.69. The second kappa shape index (κ2) is 9.26. The standard InChI is InChI=1S/C23H29N3O5/c1-15(21(27)25-29)26-10-9-23(2,22(26)28)17-5-7-18(8-6-17)24-14-16-11-19(30-3)13-20(12-16)31-4/h5-8,11-13,15,24,29H,9-10,14H2,1-4H3,(H,25,27). The number of methoxy groups -OCH3 is 2. The van der Waals surface area contributed by atoms with Crippen molar-refractivity contribution >= 4 is 17.5 Å². The zero-order valence-corrected chi connectivity index (χ0v) is 18.3. The van der Waals surface area contributed by atoms with E-state index in [4.69, 9.17) is 14.7 Å². The van der Waals surface area contributed by atoms with Crippen LogP contribution in [0.3, 0.4) is 0 Å². The Labute approximate surface area is 182 Å². The number of benzene rings is 2. The van der Waals surface area contributed by atoms with Gasteiger partial charge in [-0.2, -0.15) is 0 Å². The number of anilines is 1. The molecule has 3 N–H and O–H groups in total. The molecule has 0 radical (unpaired) electrons. The number of hydroxylamine groups is 1. The summed E-state index contributed by atoms with van der Waals surface area (Å²) in [5, 5.41) is 12.2. The van der Waals surface area contributed by atoms with Gasteiger partial charge in [-0.25, -0.2) is 5.48 Å². The van der Waals surface area contributed by atoms with Crippen molar-refractivity contribution in [2.24, 2.45) is 0 Å². The van der Waals surface area contributed by atoms with E-state index in [-0.39, 0.29) is 5.91 Å². The van der Waals surface area contributed by atoms with Gasteiger partial charge in [-0.3, -0.25) is 14.8 Å². The second-order valence-electron chi connectivity index (χ2n) is 7.88. The van der Waals surface area contributed by atoms with Gasteiger partial charge in [0.05, 0.1) is 19.6 Å². The fourth-order valence-electron chi connectivity index (χ4n) is 3.87. The summed E-state index contributed by atoms with van der Waals surface area (Å²) in [4.78, 5) is 26.3. The number of nitrogens with zero attached hydrogens (tertiary/aromatic N) is 1. The number of likely N-dealkylation sites (tertiary alicyclic amines) is 1. The zero-order valence-electron chi connectivity index (χ0n) is 18.3. The van der Waals surface area contributed by atoms with Crippen LogP contribution in [-0.4, -0.2) is 48.7 Å². The van der Waals surface area contributed by atoms with Crippen LogP contribution in [0.1, 0.15) is 31.4 Å². The van der Waals surface area contributed by atoms with Gasteiger partial charge < -0.3 is 19.7 Å². The van der Waals surface area contributed by atoms with Gasteiger partial charge in [0.1, 0.15) is 17.5 Å². The summed E-state index contributed by atoms with van der Waals surface area (Å²) in [6.07, 6.45) is 0.602. The van der Waals surface area contributed by atoms with E-state index in [0.717, 1.165) is 28.3 Å². The topological polar surface area (TPSA) is 100 Å². The highest BCUT2D eigenvalue weighted by Gasteiger charge is 2.46. The van der Waals surface area contributed by atoms with Crippen molar-refractivity contribution < 1.29 is 24.3 Å². The molecule has 2 amide bonds. The number of hydrogen-bond donors (Lipinski definition) is 3. The van der Waals surface area contributed by atoms with Crippen molar-refractivity contribution in [1.29, 1.82) is 0 Å². The summed E-state index contributed by atoms with van der Waals surface area (Å²) in [7, 11) is 3.24. The van der Waals surface area contributed by atoms with Gasteiger partial charge in [0, 0.05) is 24.8 Å². The first-order valence-corrected chi connectivity index (χ1v) is 10.1. The summed E-state index contributed by atoms with van der Waals surface area (Å²) < 4.78 is 10.6. The van der Waals surface area contributed by atoms with Crippen molar-refractivity contribution in [3.05, 3.63) is 53.6 Å². The van der Waals surface area contributed by atoms with Crippen molar-refractivity contribution in [1.82, 2.24) is 10.4 Å². The summed E-state index contributed by atoms with van der Waals surface area (Å²) in [5.74, 6) is 0.750. The van der Waals surface area contributed by atoms with E-state index in [1.54, 1.807) is 26.6 Å². The maximum Gasteiger partial charge on any atom is 0.265 e. The predicted molar refractivity (Wildman–Crippen MR) is 116 cm³/mol. The van der Waals surface area contributed by atoms with Crippen LogP contribution in [0.5, 0.6) is 11.5 Å². The van der Waals surface area contributed by atoms with Crippen LogP contribution in [-0.2, 0) is 21.5 Å². The molecule has 2 aromatic carbocycles. The third-order valence-electron chi connectivity index (χ3n) is 5.97. The molecular weight excluding hydrogens is 398 g/mol. The molecule has 0 spiro atoms. The smallest absolute Gasteiger partial charge is 0.265 e. The number of rotatable bonds is 8. The molecule has 1 aliphatic rings. The lowest BCUT2D eigenvalue weighted by atomic mass is 9.81. The van der Waals surface area contributed by atoms with E-state index in [9.17, 15) is 9.59 Å². The van der Waals surface area contributed by atoms with Crippen molar-refractivity contribution in [2.75, 3.05) is 26.1 Å². The molecule has 8 nitrogen and oxygen atoms in total. The highest BCUT2D eigenvalue weighted by Crippen LogP contribution is 2.37. The van der Waals surface area contributed by atoms with Crippen LogP contribution >= 0.6 is 0 Å². The molecule has 1 aliphatic heterocycles. The summed E-state index contributed by atoms with van der Waals surface area (Å²) in [6, 6.07) is 12.8. The highest BCUT2D eigenvalue weighted by atomic mass is 16.5. The number of amides is 2. The van der Waals surface area contributed by atoms with Gasteiger partial charge in [0.2, 0.25) is 5.91 Å². The van der Waals surface area contributed by atoms with Gasteiger partial charge in [-0.1, -0.05) is 12.1 Å². The Morgan fingerprint density at radius 3 is 2.32 bits per heavy atom. The molecule has 0 aliphatic carbocycles. The van der Waals surface area contributed by atoms with Crippen molar-refractivity contribution in [2.45, 2.75) is 38.3 Å². The fraction of sp³-hybridized carbons (Fsp3) is 0.391. The van der Waals surface area contributed by atoms with E-state index in [1.807, 2.05) is 49.4 Å². The molecule has 2 unspecified atom stereocenters. The first-order valence-electron chi connectivity index (χ1n) is 10.1. The van der Waals surface area contributed by atoms with Gasteiger partial charge >= 0.3 is 0 Å². The fourth-order valence-corrected chi connectivity index (χ4v) is 3.87. The van der Waals surface area contributed by atoms with Crippen LogP contribution in [0.2, 0.25) is 0 Å². The minimum absolute atomic E-state index is 0.118. The summed E-state index contributed by atoms with van der Waals surface area (Å²) in [5.41, 5.74) is 3.75. The number of hydrogen-bond acceptors (Lipinski definition) is 6. The molecule has 31 heavy (non-hydrogen) atoms. The van der Waals surface area contributed by atoms with Crippen LogP contribution in [0, 0.1) is 0 Å². The SMILES string of the molecule is COc1cc(CNc2ccc(C3(C)CCN(C(C)C(=O)NO)C3=O)cc2)cc(OC)c1. The van der Waals surface area contributed by atoms with E-state index in [2.05, 4.69) is 5.32 Å². The lowest BCUT2D eigenvalue weighted by Crippen LogP contribution is -2.47. The lowest BCUT2D eigenvalue weighted by molar-refractivity contribution is -0.143. The normalized spacial score (nSPS) is 19.1. The van der Waals surface area contributed by atoms with Gasteiger partial charge in [0.15, 0.2) is 0 Å². The Morgan fingerprint density at radius 1 is 1.16 bits per heavy atom. The molecule has 2 aromatic rings. The second-order valence-corrected chi connectivity index (χ2v) is 7.88. The van der Waals surface area contributed by atoms with Crippen LogP contribution in [0.15, 0.2) is 42.5 Å². The van der Waals surface area contributed by atoms with Gasteiger partial charge in [-0.05, 0) is 55.7 Å². The van der Waals surface area contributed by atoms with E-state index < -0.39 is 17.4 Å². The molecule has 0 aromatic heterocycles. The minimum atomic E-state index is -0.722. The van der Waals surface area contributed by atoms with E-state index in [0.29, 0.717) is 19.5 Å². The van der Waals surface area contributed by atoms with Gasteiger partial charge in [-0.15, -0.1) is 0 Å². The molecule has 1 saturated heterocycles. The lowest BCUT2D eigenvalue weighted by Gasteiger charge is -2.27. The molecule has 166 valence electrons. The Morgan fingerprint density at radius 2 is 1.77 bits per heavy atom. The number of carbonyl (C=O) groups is 2. The highest BCUT2D eigenvalue weighted by molar-refractivity contribution is 5.94. The Bertz CT molecular complexity index is 924.